The van der Waals surface area contributed by atoms with Crippen molar-refractivity contribution in [2.24, 2.45) is 0 Å². The van der Waals surface area contributed by atoms with Gasteiger partial charge in [0, 0.05) is 22.7 Å². The molecule has 0 fully saturated rings. The average molecular weight is 265 g/mol. The number of aromatic nitrogens is 3. The SMILES string of the molecule is C=C(Cl)Cn1cnc(-c2cccc([N+](=O)[O-])c2)n1. The van der Waals surface area contributed by atoms with E-state index in [4.69, 9.17) is 11.6 Å². The largest absolute Gasteiger partial charge is 0.270 e. The lowest BCUT2D eigenvalue weighted by Gasteiger charge is -1.97. The smallest absolute Gasteiger partial charge is 0.258 e. The first-order chi connectivity index (χ1) is 8.56. The van der Waals surface area contributed by atoms with E-state index >= 15 is 0 Å². The molecule has 0 amide bonds. The minimum absolute atomic E-state index is 0.00519. The van der Waals surface area contributed by atoms with E-state index in [1.807, 2.05) is 0 Å². The highest BCUT2D eigenvalue weighted by atomic mass is 35.5. The molecule has 0 radical (unpaired) electrons. The van der Waals surface area contributed by atoms with Crippen molar-refractivity contribution in [3.63, 3.8) is 0 Å². The number of hydrogen-bond acceptors (Lipinski definition) is 4. The maximum absolute atomic E-state index is 10.7. The van der Waals surface area contributed by atoms with Crippen molar-refractivity contribution in [2.45, 2.75) is 6.54 Å². The van der Waals surface area contributed by atoms with Gasteiger partial charge in [-0.1, -0.05) is 30.3 Å². The van der Waals surface area contributed by atoms with Crippen molar-refractivity contribution in [3.05, 3.63) is 52.3 Å². The number of allylic oxidation sites excluding steroid dienone is 1. The van der Waals surface area contributed by atoms with E-state index in [-0.39, 0.29) is 5.69 Å². The summed E-state index contributed by atoms with van der Waals surface area (Å²) in [7, 11) is 0. The summed E-state index contributed by atoms with van der Waals surface area (Å²) in [5.41, 5.74) is 0.591. The van der Waals surface area contributed by atoms with Crippen molar-refractivity contribution in [3.8, 4) is 11.4 Å². The molecule has 1 heterocycles. The predicted octanol–water partition coefficient (Wildman–Crippen LogP) is 2.61. The number of benzene rings is 1. The third-order valence-electron chi connectivity index (χ3n) is 2.19. The van der Waals surface area contributed by atoms with Crippen molar-refractivity contribution in [1.29, 1.82) is 0 Å². The fraction of sp³-hybridized carbons (Fsp3) is 0.0909. The van der Waals surface area contributed by atoms with Crippen LogP contribution in [0.1, 0.15) is 0 Å². The molecule has 0 spiro atoms. The van der Waals surface area contributed by atoms with Gasteiger partial charge < -0.3 is 0 Å². The van der Waals surface area contributed by atoms with E-state index in [9.17, 15) is 10.1 Å². The molecule has 0 aliphatic heterocycles. The highest BCUT2D eigenvalue weighted by Gasteiger charge is 2.10. The van der Waals surface area contributed by atoms with E-state index in [2.05, 4.69) is 16.7 Å². The van der Waals surface area contributed by atoms with E-state index < -0.39 is 4.92 Å². The van der Waals surface area contributed by atoms with Gasteiger partial charge in [0.15, 0.2) is 5.82 Å². The fourth-order valence-electron chi connectivity index (χ4n) is 1.44. The molecule has 6 nitrogen and oxygen atoms in total. The fourth-order valence-corrected chi connectivity index (χ4v) is 1.56. The van der Waals surface area contributed by atoms with Gasteiger partial charge in [0.2, 0.25) is 0 Å². The molecule has 0 saturated heterocycles. The highest BCUT2D eigenvalue weighted by molar-refractivity contribution is 6.29. The first-order valence-electron chi connectivity index (χ1n) is 5.04. The molecule has 0 aliphatic carbocycles. The van der Waals surface area contributed by atoms with Gasteiger partial charge in [-0.2, -0.15) is 5.10 Å². The molecule has 92 valence electrons. The van der Waals surface area contributed by atoms with Crippen LogP contribution in [0.5, 0.6) is 0 Å². The van der Waals surface area contributed by atoms with Gasteiger partial charge >= 0.3 is 0 Å². The second kappa shape index (κ2) is 4.97. The van der Waals surface area contributed by atoms with E-state index in [0.717, 1.165) is 0 Å². The Bertz CT molecular complexity index is 609. The Hall–Kier alpha value is -2.21. The third-order valence-corrected chi connectivity index (χ3v) is 2.30. The number of nitro groups is 1. The minimum atomic E-state index is -0.457. The van der Waals surface area contributed by atoms with Gasteiger partial charge in [-0.25, -0.2) is 9.67 Å². The van der Waals surface area contributed by atoms with Gasteiger partial charge in [0.25, 0.3) is 5.69 Å². The maximum atomic E-state index is 10.7. The summed E-state index contributed by atoms with van der Waals surface area (Å²) in [6.07, 6.45) is 1.50. The summed E-state index contributed by atoms with van der Waals surface area (Å²) < 4.78 is 1.52. The van der Waals surface area contributed by atoms with Gasteiger partial charge in [0.05, 0.1) is 11.5 Å². The number of nitrogens with zero attached hydrogens (tertiary/aromatic N) is 4. The molecule has 0 atom stereocenters. The normalized spacial score (nSPS) is 10.3. The molecule has 1 aromatic carbocycles. The summed E-state index contributed by atoms with van der Waals surface area (Å²) >= 11 is 5.66. The van der Waals surface area contributed by atoms with Crippen molar-refractivity contribution < 1.29 is 4.92 Å². The summed E-state index contributed by atoms with van der Waals surface area (Å²) in [5.74, 6) is 0.414. The number of hydrogen-bond donors (Lipinski definition) is 0. The highest BCUT2D eigenvalue weighted by Crippen LogP contribution is 2.20. The molecule has 18 heavy (non-hydrogen) atoms. The van der Waals surface area contributed by atoms with Crippen molar-refractivity contribution in [2.75, 3.05) is 0 Å². The second-order valence-corrected chi connectivity index (χ2v) is 4.12. The monoisotopic (exact) mass is 264 g/mol. The molecule has 0 bridgehead atoms. The topological polar surface area (TPSA) is 73.8 Å². The third kappa shape index (κ3) is 2.72. The van der Waals surface area contributed by atoms with Gasteiger partial charge in [-0.3, -0.25) is 10.1 Å². The van der Waals surface area contributed by atoms with Crippen LogP contribution in [-0.2, 0) is 6.54 Å². The van der Waals surface area contributed by atoms with Crippen LogP contribution in [-0.4, -0.2) is 19.7 Å². The van der Waals surface area contributed by atoms with Crippen LogP contribution in [0, 0.1) is 10.1 Å². The summed E-state index contributed by atoms with van der Waals surface area (Å²) in [4.78, 5) is 14.3. The molecule has 0 unspecified atom stereocenters. The zero-order valence-corrected chi connectivity index (χ0v) is 10.0. The van der Waals surface area contributed by atoms with Crippen LogP contribution in [0.15, 0.2) is 42.2 Å². The Balaban J connectivity index is 2.31. The quantitative estimate of drug-likeness (QED) is 0.628. The average Bonchev–Trinajstić information content (AvgIpc) is 2.77. The molecular weight excluding hydrogens is 256 g/mol. The first kappa shape index (κ1) is 12.3. The summed E-state index contributed by atoms with van der Waals surface area (Å²) in [5, 5.41) is 15.3. The molecule has 7 heteroatoms. The molecular formula is C11H9ClN4O2. The molecule has 1 aromatic heterocycles. The van der Waals surface area contributed by atoms with Gasteiger partial charge in [-0.15, -0.1) is 0 Å². The van der Waals surface area contributed by atoms with E-state index in [1.165, 1.54) is 23.1 Å². The summed E-state index contributed by atoms with van der Waals surface area (Å²) in [6, 6.07) is 6.15. The van der Waals surface area contributed by atoms with Crippen molar-refractivity contribution >= 4 is 17.3 Å². The van der Waals surface area contributed by atoms with Gasteiger partial charge in [-0.05, 0) is 0 Å². The molecule has 2 aromatic rings. The zero-order chi connectivity index (χ0) is 13.1. The predicted molar refractivity (Wildman–Crippen MR) is 67.1 cm³/mol. The van der Waals surface area contributed by atoms with Crippen molar-refractivity contribution in [1.82, 2.24) is 14.8 Å². The van der Waals surface area contributed by atoms with Crippen LogP contribution < -0.4 is 0 Å². The van der Waals surface area contributed by atoms with E-state index in [1.54, 1.807) is 12.1 Å². The van der Waals surface area contributed by atoms with Crippen LogP contribution in [0.4, 0.5) is 5.69 Å². The Kier molecular flexibility index (Phi) is 3.38. The number of halogens is 1. The molecule has 0 aliphatic rings. The Morgan fingerprint density at radius 2 is 2.33 bits per heavy atom. The lowest BCUT2D eigenvalue weighted by molar-refractivity contribution is -0.384. The lowest BCUT2D eigenvalue weighted by Crippen LogP contribution is -1.98. The summed E-state index contributed by atoms with van der Waals surface area (Å²) in [6.45, 7) is 3.91. The Labute approximate surface area is 108 Å². The Morgan fingerprint density at radius 3 is 3.00 bits per heavy atom. The number of rotatable bonds is 4. The van der Waals surface area contributed by atoms with Crippen LogP contribution in [0.3, 0.4) is 0 Å². The van der Waals surface area contributed by atoms with Crippen LogP contribution in [0.2, 0.25) is 0 Å². The minimum Gasteiger partial charge on any atom is -0.258 e. The second-order valence-electron chi connectivity index (χ2n) is 3.59. The standard InChI is InChI=1S/C11H9ClN4O2/c1-8(12)6-15-7-13-11(14-15)9-3-2-4-10(5-9)16(17)18/h2-5,7H,1,6H2. The van der Waals surface area contributed by atoms with Crippen LogP contribution >= 0.6 is 11.6 Å². The van der Waals surface area contributed by atoms with Gasteiger partial charge in [0.1, 0.15) is 6.33 Å². The maximum Gasteiger partial charge on any atom is 0.270 e. The van der Waals surface area contributed by atoms with E-state index in [0.29, 0.717) is 23.0 Å². The number of nitro benzene ring substituents is 1. The molecule has 0 saturated carbocycles. The molecule has 0 N–H and O–H groups in total. The first-order valence-corrected chi connectivity index (χ1v) is 5.41. The lowest BCUT2D eigenvalue weighted by atomic mass is 10.2. The Morgan fingerprint density at radius 1 is 1.56 bits per heavy atom. The number of non-ortho nitro benzene ring substituents is 1. The zero-order valence-electron chi connectivity index (χ0n) is 9.28. The van der Waals surface area contributed by atoms with Crippen LogP contribution in [0.25, 0.3) is 11.4 Å². The molecule has 2 rings (SSSR count).